The van der Waals surface area contributed by atoms with Crippen molar-refractivity contribution < 1.29 is 0 Å². The Morgan fingerprint density at radius 3 is 2.88 bits per heavy atom. The Balaban J connectivity index is 1.98. The highest BCUT2D eigenvalue weighted by molar-refractivity contribution is 7.80. The van der Waals surface area contributed by atoms with Crippen LogP contribution in [-0.4, -0.2) is 9.97 Å². The number of nitrogens with two attached hydrogens (primary N) is 1. The maximum absolute atomic E-state index is 5.49. The summed E-state index contributed by atoms with van der Waals surface area (Å²) >= 11 is 6.57. The first-order valence-corrected chi connectivity index (χ1v) is 6.06. The van der Waals surface area contributed by atoms with Gasteiger partial charge in [-0.15, -0.1) is 11.3 Å². The first-order chi connectivity index (χ1) is 7.75. The minimum atomic E-state index is 0.373. The highest BCUT2D eigenvalue weighted by Gasteiger charge is 1.98. The monoisotopic (exact) mass is 249 g/mol. The molecule has 0 aromatic carbocycles. The van der Waals surface area contributed by atoms with Crippen molar-refractivity contribution in [2.75, 3.05) is 5.32 Å². The Bertz CT molecular complexity index is 462. The number of thiocarbonyl (C=S) groups is 1. The number of nitrogens with one attached hydrogen (secondary N) is 1. The molecule has 0 bridgehead atoms. The molecule has 82 valence electrons. The van der Waals surface area contributed by atoms with E-state index in [1.165, 1.54) is 4.88 Å². The van der Waals surface area contributed by atoms with Crippen LogP contribution in [0.1, 0.15) is 10.4 Å². The second-order valence-electron chi connectivity index (χ2n) is 3.23. The predicted octanol–water partition coefficient (Wildman–Crippen LogP) is 2.39. The highest BCUT2D eigenvalue weighted by atomic mass is 32.1. The second-order valence-corrected chi connectivity index (χ2v) is 4.70. The van der Waals surface area contributed by atoms with Crippen molar-refractivity contribution in [3.8, 4) is 0 Å². The van der Waals surface area contributed by atoms with Gasteiger partial charge in [0.1, 0.15) is 10.8 Å². The number of hydrogen-bond acceptors (Lipinski definition) is 4. The fraction of sp³-hybridized carbons (Fsp3) is 0.0909. The molecule has 0 spiro atoms. The quantitative estimate of drug-likeness (QED) is 0.817. The lowest BCUT2D eigenvalue weighted by atomic mass is 10.3. The Labute approximate surface area is 103 Å². The van der Waals surface area contributed by atoms with Crippen LogP contribution in [0, 0.1) is 0 Å². The molecule has 2 aromatic heterocycles. The van der Waals surface area contributed by atoms with Crippen LogP contribution in [0.15, 0.2) is 35.8 Å². The number of pyridine rings is 1. The Hall–Kier alpha value is -1.46. The molecule has 2 heterocycles. The summed E-state index contributed by atoms with van der Waals surface area (Å²) in [5.74, 6) is 0.827. The second kappa shape index (κ2) is 5.05. The molecule has 3 nitrogen and oxygen atoms in total. The Morgan fingerprint density at radius 1 is 1.44 bits per heavy atom. The van der Waals surface area contributed by atoms with Crippen LogP contribution in [0.3, 0.4) is 0 Å². The fourth-order valence-corrected chi connectivity index (χ4v) is 2.00. The molecule has 0 amide bonds. The number of rotatable bonds is 4. The average Bonchev–Trinajstić information content (AvgIpc) is 2.80. The summed E-state index contributed by atoms with van der Waals surface area (Å²) in [6.45, 7) is 0.789. The molecule has 0 atom stereocenters. The maximum atomic E-state index is 5.49. The Morgan fingerprint density at radius 2 is 2.31 bits per heavy atom. The van der Waals surface area contributed by atoms with E-state index in [0.29, 0.717) is 4.99 Å². The van der Waals surface area contributed by atoms with Gasteiger partial charge in [0.2, 0.25) is 0 Å². The summed E-state index contributed by atoms with van der Waals surface area (Å²) in [6, 6.07) is 7.86. The van der Waals surface area contributed by atoms with E-state index in [2.05, 4.69) is 21.7 Å². The van der Waals surface area contributed by atoms with E-state index >= 15 is 0 Å². The van der Waals surface area contributed by atoms with Gasteiger partial charge in [-0.25, -0.2) is 4.98 Å². The molecule has 0 saturated carbocycles. The maximum Gasteiger partial charge on any atom is 0.126 e. The molecule has 0 saturated heterocycles. The minimum Gasteiger partial charge on any atom is -0.389 e. The predicted molar refractivity (Wildman–Crippen MR) is 71.8 cm³/mol. The third-order valence-electron chi connectivity index (χ3n) is 2.07. The molecular weight excluding hydrogens is 238 g/mol. The van der Waals surface area contributed by atoms with Gasteiger partial charge in [0.25, 0.3) is 0 Å². The van der Waals surface area contributed by atoms with Gasteiger partial charge in [-0.1, -0.05) is 18.3 Å². The number of nitrogens with zero attached hydrogens (tertiary/aromatic N) is 1. The summed E-state index contributed by atoms with van der Waals surface area (Å²) in [5.41, 5.74) is 6.28. The van der Waals surface area contributed by atoms with Crippen molar-refractivity contribution in [2.24, 2.45) is 5.73 Å². The molecule has 2 aromatic rings. The van der Waals surface area contributed by atoms with E-state index in [-0.39, 0.29) is 0 Å². The van der Waals surface area contributed by atoms with Crippen LogP contribution in [0.25, 0.3) is 0 Å². The first-order valence-electron chi connectivity index (χ1n) is 4.78. The summed E-state index contributed by atoms with van der Waals surface area (Å²) in [6.07, 6.45) is 1.68. The van der Waals surface area contributed by atoms with Crippen LogP contribution in [0.4, 0.5) is 5.82 Å². The van der Waals surface area contributed by atoms with Crippen LogP contribution in [0.5, 0.6) is 0 Å². The molecule has 3 N–H and O–H groups in total. The van der Waals surface area contributed by atoms with Crippen LogP contribution in [0.2, 0.25) is 0 Å². The van der Waals surface area contributed by atoms with Gasteiger partial charge in [0.15, 0.2) is 0 Å². The SMILES string of the molecule is NC(=S)c1ccc(NCc2cccs2)nc1. The molecule has 0 aliphatic carbocycles. The lowest BCUT2D eigenvalue weighted by Crippen LogP contribution is -2.10. The molecule has 0 unspecified atom stereocenters. The summed E-state index contributed by atoms with van der Waals surface area (Å²) < 4.78 is 0. The lowest BCUT2D eigenvalue weighted by molar-refractivity contribution is 1.14. The van der Waals surface area contributed by atoms with E-state index in [9.17, 15) is 0 Å². The largest absolute Gasteiger partial charge is 0.389 e. The van der Waals surface area contributed by atoms with Crippen molar-refractivity contribution in [1.82, 2.24) is 4.98 Å². The molecule has 0 radical (unpaired) electrons. The highest BCUT2D eigenvalue weighted by Crippen LogP contribution is 2.11. The van der Waals surface area contributed by atoms with E-state index in [1.54, 1.807) is 17.5 Å². The van der Waals surface area contributed by atoms with Crippen molar-refractivity contribution in [3.05, 3.63) is 46.3 Å². The normalized spacial score (nSPS) is 10.0. The lowest BCUT2D eigenvalue weighted by Gasteiger charge is -2.04. The van der Waals surface area contributed by atoms with Crippen LogP contribution < -0.4 is 11.1 Å². The standard InChI is InChI=1S/C11H11N3S2/c12-11(15)8-3-4-10(13-6-8)14-7-9-2-1-5-16-9/h1-6H,7H2,(H2,12,15)(H,13,14). The van der Waals surface area contributed by atoms with Crippen molar-refractivity contribution in [2.45, 2.75) is 6.54 Å². The fourth-order valence-electron chi connectivity index (χ4n) is 1.24. The molecule has 0 aliphatic heterocycles. The molecule has 5 heteroatoms. The van der Waals surface area contributed by atoms with Crippen molar-refractivity contribution in [1.29, 1.82) is 0 Å². The van der Waals surface area contributed by atoms with Gasteiger partial charge >= 0.3 is 0 Å². The zero-order chi connectivity index (χ0) is 11.4. The van der Waals surface area contributed by atoms with Crippen LogP contribution >= 0.6 is 23.6 Å². The van der Waals surface area contributed by atoms with E-state index in [0.717, 1.165) is 17.9 Å². The Kier molecular flexibility index (Phi) is 3.48. The molecular formula is C11H11N3S2. The smallest absolute Gasteiger partial charge is 0.126 e. The zero-order valence-electron chi connectivity index (χ0n) is 8.51. The number of thiophene rings is 1. The number of hydrogen-bond donors (Lipinski definition) is 2. The third-order valence-corrected chi connectivity index (χ3v) is 3.18. The summed E-state index contributed by atoms with van der Waals surface area (Å²) in [7, 11) is 0. The third kappa shape index (κ3) is 2.77. The van der Waals surface area contributed by atoms with Crippen LogP contribution in [-0.2, 0) is 6.54 Å². The molecule has 16 heavy (non-hydrogen) atoms. The number of aromatic nitrogens is 1. The van der Waals surface area contributed by atoms with E-state index in [1.807, 2.05) is 18.2 Å². The summed E-state index contributed by atoms with van der Waals surface area (Å²) in [4.78, 5) is 5.88. The number of anilines is 1. The van der Waals surface area contributed by atoms with Gasteiger partial charge < -0.3 is 11.1 Å². The van der Waals surface area contributed by atoms with Gasteiger partial charge in [0.05, 0.1) is 6.54 Å². The average molecular weight is 249 g/mol. The van der Waals surface area contributed by atoms with Gasteiger partial charge in [-0.3, -0.25) is 0 Å². The van der Waals surface area contributed by atoms with E-state index < -0.39 is 0 Å². The molecule has 0 aliphatic rings. The van der Waals surface area contributed by atoms with Crippen molar-refractivity contribution >= 4 is 34.4 Å². The molecule has 0 fully saturated rings. The first kappa shape index (κ1) is 11.0. The van der Waals surface area contributed by atoms with Gasteiger partial charge in [-0.05, 0) is 23.6 Å². The molecule has 2 rings (SSSR count). The summed E-state index contributed by atoms with van der Waals surface area (Å²) in [5, 5.41) is 5.28. The minimum absolute atomic E-state index is 0.373. The van der Waals surface area contributed by atoms with Crippen molar-refractivity contribution in [3.63, 3.8) is 0 Å². The topological polar surface area (TPSA) is 50.9 Å². The zero-order valence-corrected chi connectivity index (χ0v) is 10.1. The van der Waals surface area contributed by atoms with Gasteiger partial charge in [0, 0.05) is 16.6 Å². The van der Waals surface area contributed by atoms with Gasteiger partial charge in [-0.2, -0.15) is 0 Å². The van der Waals surface area contributed by atoms with E-state index in [4.69, 9.17) is 18.0 Å².